The summed E-state index contributed by atoms with van der Waals surface area (Å²) in [6.07, 6.45) is 4.75. The van der Waals surface area contributed by atoms with Gasteiger partial charge in [-0.3, -0.25) is 0 Å². The number of hydrogen-bond acceptors (Lipinski definition) is 9. The third kappa shape index (κ3) is 4.86. The van der Waals surface area contributed by atoms with Crippen LogP contribution in [-0.2, 0) is 23.2 Å². The minimum atomic E-state index is -3.70. The van der Waals surface area contributed by atoms with Gasteiger partial charge in [-0.05, 0) is 61.9 Å². The predicted molar refractivity (Wildman–Crippen MR) is 144 cm³/mol. The number of rotatable bonds is 7. The molecule has 4 aromatic rings. The highest BCUT2D eigenvalue weighted by Crippen LogP contribution is 2.42. The number of piperidine rings is 1. The Balaban J connectivity index is 1.35. The van der Waals surface area contributed by atoms with Crippen LogP contribution >= 0.6 is 11.8 Å². The van der Waals surface area contributed by atoms with Gasteiger partial charge in [-0.15, -0.1) is 0 Å². The molecule has 1 atom stereocenters. The maximum absolute atomic E-state index is 11.9. The Bertz CT molecular complexity index is 1620. The number of furan rings is 1. The van der Waals surface area contributed by atoms with Crippen molar-refractivity contribution in [2.75, 3.05) is 25.4 Å². The Labute approximate surface area is 224 Å². The first-order chi connectivity index (χ1) is 18.3. The van der Waals surface area contributed by atoms with Crippen molar-refractivity contribution < 1.29 is 17.6 Å². The normalized spacial score (nSPS) is 18.1. The number of benzene rings is 1. The van der Waals surface area contributed by atoms with Crippen LogP contribution in [0, 0.1) is 12.8 Å². The maximum Gasteiger partial charge on any atom is 0.276 e. The molecule has 38 heavy (non-hydrogen) atoms. The van der Waals surface area contributed by atoms with Crippen LogP contribution in [0.3, 0.4) is 0 Å². The molecular weight excluding hydrogens is 526 g/mol. The summed E-state index contributed by atoms with van der Waals surface area (Å²) >= 11 is 1.52. The van der Waals surface area contributed by atoms with Gasteiger partial charge >= 0.3 is 0 Å². The average Bonchev–Trinajstić information content (AvgIpc) is 3.61. The SMILES string of the molecule is Cc1ccc(-c2cc3c(cc2Sc2nc4c(N)ncnc4n2CCC2CCCN(S(N)(=O)=O)C2)CCO3)o1. The molecule has 11 nitrogen and oxygen atoms in total. The molecule has 0 bridgehead atoms. The maximum atomic E-state index is 11.9. The van der Waals surface area contributed by atoms with Crippen molar-refractivity contribution in [3.05, 3.63) is 41.9 Å². The van der Waals surface area contributed by atoms with Crippen LogP contribution in [0.4, 0.5) is 5.82 Å². The van der Waals surface area contributed by atoms with Crippen molar-refractivity contribution in [3.8, 4) is 17.1 Å². The summed E-state index contributed by atoms with van der Waals surface area (Å²) in [5.74, 6) is 2.95. The van der Waals surface area contributed by atoms with E-state index in [0.717, 1.165) is 64.1 Å². The fourth-order valence-corrected chi connectivity index (χ4v) is 7.07. The first-order valence-electron chi connectivity index (χ1n) is 12.5. The van der Waals surface area contributed by atoms with Crippen molar-refractivity contribution in [1.29, 1.82) is 0 Å². The largest absolute Gasteiger partial charge is 0.493 e. The number of ether oxygens (including phenoxy) is 1. The van der Waals surface area contributed by atoms with Gasteiger partial charge in [-0.25, -0.2) is 20.1 Å². The number of nitrogen functional groups attached to an aromatic ring is 1. The molecule has 2 aliphatic rings. The summed E-state index contributed by atoms with van der Waals surface area (Å²) in [5, 5.41) is 6.13. The molecule has 1 fully saturated rings. The van der Waals surface area contributed by atoms with Crippen LogP contribution in [0.15, 0.2) is 45.1 Å². The van der Waals surface area contributed by atoms with E-state index in [-0.39, 0.29) is 5.92 Å². The molecule has 6 rings (SSSR count). The number of fused-ring (bicyclic) bond motifs is 2. The van der Waals surface area contributed by atoms with Gasteiger partial charge in [0.25, 0.3) is 10.2 Å². The predicted octanol–water partition coefficient (Wildman–Crippen LogP) is 3.37. The molecule has 3 aromatic heterocycles. The third-order valence-electron chi connectivity index (χ3n) is 7.13. The van der Waals surface area contributed by atoms with E-state index in [2.05, 4.69) is 20.6 Å². The van der Waals surface area contributed by atoms with Crippen molar-refractivity contribution in [3.63, 3.8) is 0 Å². The molecule has 1 saturated heterocycles. The number of nitrogens with two attached hydrogens (primary N) is 2. The van der Waals surface area contributed by atoms with Crippen LogP contribution in [0.1, 0.15) is 30.6 Å². The van der Waals surface area contributed by atoms with Gasteiger partial charge in [0, 0.05) is 36.5 Å². The van der Waals surface area contributed by atoms with Crippen molar-refractivity contribution in [2.45, 2.75) is 49.2 Å². The van der Waals surface area contributed by atoms with E-state index in [1.165, 1.54) is 22.4 Å². The Kier molecular flexibility index (Phi) is 6.54. The molecule has 2 aliphatic heterocycles. The second-order valence-corrected chi connectivity index (χ2v) is 12.3. The zero-order chi connectivity index (χ0) is 26.4. The topological polar surface area (TPSA) is 155 Å². The molecule has 200 valence electrons. The van der Waals surface area contributed by atoms with Crippen LogP contribution in [0.25, 0.3) is 22.5 Å². The molecule has 4 N–H and O–H groups in total. The van der Waals surface area contributed by atoms with Gasteiger partial charge in [-0.2, -0.15) is 12.7 Å². The van der Waals surface area contributed by atoms with E-state index in [9.17, 15) is 8.42 Å². The molecule has 1 aromatic carbocycles. The average molecular weight is 556 g/mol. The smallest absolute Gasteiger partial charge is 0.276 e. The summed E-state index contributed by atoms with van der Waals surface area (Å²) in [4.78, 5) is 14.5. The molecule has 0 aliphatic carbocycles. The minimum absolute atomic E-state index is 0.176. The minimum Gasteiger partial charge on any atom is -0.493 e. The Hall–Kier alpha value is -3.13. The van der Waals surface area contributed by atoms with Gasteiger partial charge < -0.3 is 19.5 Å². The van der Waals surface area contributed by atoms with E-state index in [4.69, 9.17) is 25.0 Å². The van der Waals surface area contributed by atoms with Crippen LogP contribution in [-0.4, -0.2) is 51.9 Å². The van der Waals surface area contributed by atoms with Crippen LogP contribution in [0.2, 0.25) is 0 Å². The summed E-state index contributed by atoms with van der Waals surface area (Å²) in [6.45, 7) is 4.05. The highest BCUT2D eigenvalue weighted by atomic mass is 32.2. The monoisotopic (exact) mass is 555 g/mol. The number of aryl methyl sites for hydroxylation is 2. The molecule has 0 radical (unpaired) electrons. The Morgan fingerprint density at radius 1 is 1.24 bits per heavy atom. The lowest BCUT2D eigenvalue weighted by molar-refractivity contribution is 0.248. The lowest BCUT2D eigenvalue weighted by Gasteiger charge is -2.30. The quantitative estimate of drug-likeness (QED) is 0.349. The number of aromatic nitrogens is 4. The van der Waals surface area contributed by atoms with Gasteiger partial charge in [0.1, 0.15) is 23.6 Å². The zero-order valence-electron chi connectivity index (χ0n) is 21.0. The Morgan fingerprint density at radius 2 is 2.11 bits per heavy atom. The second-order valence-electron chi connectivity index (χ2n) is 9.74. The van der Waals surface area contributed by atoms with Crippen molar-refractivity contribution in [2.24, 2.45) is 11.1 Å². The van der Waals surface area contributed by atoms with Gasteiger partial charge in [-0.1, -0.05) is 11.8 Å². The molecular formula is C25H29N7O4S2. The standard InChI is InChI=1S/C25H29N7O4S2/c1-15-4-5-19(36-15)18-12-20-17(7-10-35-20)11-21(18)37-25-30-22-23(26)28-14-29-24(22)32(25)9-6-16-3-2-8-31(13-16)38(27,33)34/h4-5,11-12,14,16H,2-3,6-10,13H2,1H3,(H2,26,28,29)(H2,27,33,34). The Morgan fingerprint density at radius 3 is 2.89 bits per heavy atom. The first-order valence-corrected chi connectivity index (χ1v) is 14.9. The van der Waals surface area contributed by atoms with Crippen molar-refractivity contribution >= 4 is 39.0 Å². The molecule has 0 saturated carbocycles. The molecule has 13 heteroatoms. The van der Waals surface area contributed by atoms with E-state index < -0.39 is 10.2 Å². The number of anilines is 1. The number of imidazole rings is 1. The highest BCUT2D eigenvalue weighted by molar-refractivity contribution is 7.99. The fourth-order valence-electron chi connectivity index (χ4n) is 5.18. The lowest BCUT2D eigenvalue weighted by Crippen LogP contribution is -2.43. The fraction of sp³-hybridized carbons (Fsp3) is 0.400. The van der Waals surface area contributed by atoms with Crippen LogP contribution in [0.5, 0.6) is 5.75 Å². The van der Waals surface area contributed by atoms with Crippen LogP contribution < -0.4 is 15.6 Å². The third-order valence-corrected chi connectivity index (χ3v) is 9.23. The highest BCUT2D eigenvalue weighted by Gasteiger charge is 2.27. The molecule has 0 amide bonds. The molecule has 1 unspecified atom stereocenters. The summed E-state index contributed by atoms with van der Waals surface area (Å²) in [6, 6.07) is 8.08. The zero-order valence-corrected chi connectivity index (χ0v) is 22.6. The van der Waals surface area contributed by atoms with E-state index >= 15 is 0 Å². The van der Waals surface area contributed by atoms with Crippen molar-refractivity contribution in [1.82, 2.24) is 23.8 Å². The second kappa shape index (κ2) is 9.88. The summed E-state index contributed by atoms with van der Waals surface area (Å²) in [7, 11) is -3.70. The lowest BCUT2D eigenvalue weighted by atomic mass is 9.96. The van der Waals surface area contributed by atoms with E-state index in [1.54, 1.807) is 0 Å². The van der Waals surface area contributed by atoms with Gasteiger partial charge in [0.2, 0.25) is 0 Å². The summed E-state index contributed by atoms with van der Waals surface area (Å²) in [5.41, 5.74) is 9.45. The van der Waals surface area contributed by atoms with Gasteiger partial charge in [0.05, 0.1) is 6.61 Å². The van der Waals surface area contributed by atoms with E-state index in [0.29, 0.717) is 43.2 Å². The van der Waals surface area contributed by atoms with E-state index in [1.807, 2.05) is 25.1 Å². The summed E-state index contributed by atoms with van der Waals surface area (Å²) < 4.78 is 39.0. The molecule has 5 heterocycles. The first kappa shape index (κ1) is 25.2. The molecule has 0 spiro atoms. The number of hydrogen-bond donors (Lipinski definition) is 2. The number of nitrogens with zero attached hydrogens (tertiary/aromatic N) is 5. The van der Waals surface area contributed by atoms with Gasteiger partial charge in [0.15, 0.2) is 22.1 Å².